The Hall–Kier alpha value is -5.76. The van der Waals surface area contributed by atoms with E-state index >= 15 is 0 Å². The minimum Gasteiger partial charge on any atom is -1.00 e. The van der Waals surface area contributed by atoms with Crippen molar-refractivity contribution in [1.29, 1.82) is 0 Å². The minimum atomic E-state index is -2.83. The van der Waals surface area contributed by atoms with E-state index in [1.54, 1.807) is 4.90 Å². The summed E-state index contributed by atoms with van der Waals surface area (Å²) in [6.07, 6.45) is 33.5. The summed E-state index contributed by atoms with van der Waals surface area (Å²) in [7, 11) is 0. The van der Waals surface area contributed by atoms with E-state index in [1.165, 1.54) is 130 Å². The van der Waals surface area contributed by atoms with Crippen LogP contribution in [0.2, 0.25) is 0 Å². The van der Waals surface area contributed by atoms with Gasteiger partial charge in [0, 0.05) is 65.3 Å². The van der Waals surface area contributed by atoms with Crippen molar-refractivity contribution in [2.45, 2.75) is 230 Å². The van der Waals surface area contributed by atoms with Crippen molar-refractivity contribution in [2.75, 3.05) is 64.7 Å². The van der Waals surface area contributed by atoms with Crippen molar-refractivity contribution in [3.63, 3.8) is 0 Å². The number of amides is 5. The van der Waals surface area contributed by atoms with Gasteiger partial charge in [-0.05, 0) is 57.8 Å². The fourth-order valence-corrected chi connectivity index (χ4v) is 28.6. The Morgan fingerprint density at radius 1 is 0.321 bits per heavy atom. The second kappa shape index (κ2) is 51.6. The zero-order chi connectivity index (χ0) is 75.0. The van der Waals surface area contributed by atoms with E-state index in [9.17, 15) is 39.6 Å². The topological polar surface area (TPSA) is 184 Å². The van der Waals surface area contributed by atoms with Gasteiger partial charge in [-0.25, -0.2) is 15.2 Å². The van der Waals surface area contributed by atoms with Crippen molar-refractivity contribution >= 4 is 63.9 Å². The molecule has 19 heteroatoms. The zero-order valence-electron chi connectivity index (χ0n) is 63.9. The molecule has 0 unspecified atom stereocenters. The molecule has 6 rings (SSSR count). The van der Waals surface area contributed by atoms with Gasteiger partial charge in [-0.2, -0.15) is 0 Å². The number of nitrogens with zero attached hydrogens (tertiary/aromatic N) is 3. The van der Waals surface area contributed by atoms with Crippen LogP contribution < -0.4 is 27.9 Å². The second-order valence-electron chi connectivity index (χ2n) is 30.2. The molecule has 0 radical (unpaired) electrons. The molecule has 14 nitrogen and oxygen atoms in total. The molecule has 0 aliphatic heterocycles. The third kappa shape index (κ3) is 38.1. The third-order valence-corrected chi connectivity index (χ3v) is 33.7. The third-order valence-electron chi connectivity index (χ3n) is 20.7. The van der Waals surface area contributed by atoms with Crippen molar-refractivity contribution in [2.24, 2.45) is 0 Å². The number of hydrogen-bond acceptors (Lipinski definition) is 8. The van der Waals surface area contributed by atoms with Crippen LogP contribution in [-0.2, 0) is 60.9 Å². The summed E-state index contributed by atoms with van der Waals surface area (Å²) < 4.78 is 0. The van der Waals surface area contributed by atoms with Crippen molar-refractivity contribution in [3.8, 4) is 0 Å². The predicted molar refractivity (Wildman–Crippen MR) is 438 cm³/mol. The summed E-state index contributed by atoms with van der Waals surface area (Å²) in [6, 6.07) is 65.7. The van der Waals surface area contributed by atoms with Gasteiger partial charge < -0.3 is 23.0 Å². The summed E-state index contributed by atoms with van der Waals surface area (Å²) in [5, 5.41) is 37.9. The first kappa shape index (κ1) is 90.9. The molecule has 6 aromatic rings. The number of hydroxylamine groups is 6. The molecule has 5 amide bonds. The van der Waals surface area contributed by atoms with Gasteiger partial charge in [0.2, 0.25) is 29.5 Å². The molecule has 6 N–H and O–H groups in total. The monoisotopic (exact) mass is 1550 g/mol. The Balaban J connectivity index is 0.0000202. The second-order valence-corrected chi connectivity index (χ2v) is 46.0. The average Bonchev–Trinajstić information content (AvgIpc) is 0.766. The van der Waals surface area contributed by atoms with Crippen molar-refractivity contribution < 1.29 is 56.9 Å². The maximum atomic E-state index is 12.9. The van der Waals surface area contributed by atoms with E-state index in [-0.39, 0.29) is 69.5 Å². The fourth-order valence-electron chi connectivity index (χ4n) is 15.0. The van der Waals surface area contributed by atoms with E-state index in [1.807, 2.05) is 0 Å². The molecule has 0 saturated carbocycles. The standard InChI is InChI=1S/C87H128Cl2N6O8P2.ClH/c1-77(96)93(101)66-40-20-35-61-90-84(97)57-59-86(99)94(102)67-41-21-36-62-91-85(98)58-60-87(100)95(103)68-42-22-39-65-92(63-37-10-6-2-4-8-12-43-69-104(88,71-78-45-23-14-24-46-78,72-79-47-25-15-26-48-79)73-80-49-27-16-28-50-80)64-38-11-7-3-5-9-13-44-70-105(89,74-81-51-29-17-30-52-81,75-82-53-31-18-32-54-82)76-83-55-33-19-34-56-83;/h14-19,23-34,45-56,101-103H,2-13,20-22,35-44,57-76H2,1H3,(H,90,97)(H,91,98);1H. The van der Waals surface area contributed by atoms with Gasteiger partial charge in [-0.15, -0.1) is 0 Å². The Labute approximate surface area is 652 Å². The molecule has 0 atom stereocenters. The number of rotatable bonds is 58. The number of carbonyl (C=O) groups excluding carboxylic acids is 5. The van der Waals surface area contributed by atoms with E-state index in [4.69, 9.17) is 22.5 Å². The molecule has 0 aliphatic rings. The van der Waals surface area contributed by atoms with E-state index < -0.39 is 29.6 Å². The fraction of sp³-hybridized carbons (Fsp3) is 0.529. The average molecular weight is 1560 g/mol. The normalized spacial score (nSPS) is 12.5. The minimum absolute atomic E-state index is 0. The van der Waals surface area contributed by atoms with Crippen LogP contribution in [-0.4, -0.2) is 125 Å². The van der Waals surface area contributed by atoms with Crippen LogP contribution in [0.1, 0.15) is 227 Å². The van der Waals surface area contributed by atoms with Crippen LogP contribution in [0.4, 0.5) is 0 Å². The molecule has 0 bridgehead atoms. The first-order chi connectivity index (χ1) is 50.9. The largest absolute Gasteiger partial charge is 1.00 e. The number of hydrogen-bond donors (Lipinski definition) is 6. The molecule has 0 aromatic heterocycles. The van der Waals surface area contributed by atoms with Crippen LogP contribution in [0.5, 0.6) is 0 Å². The first-order valence-corrected chi connectivity index (χ1v) is 47.6. The molecule has 0 saturated heterocycles. The van der Waals surface area contributed by atoms with E-state index in [0.29, 0.717) is 68.2 Å². The van der Waals surface area contributed by atoms with Gasteiger partial charge >= 0.3 is 426 Å². The first-order valence-electron chi connectivity index (χ1n) is 39.9. The molecule has 106 heavy (non-hydrogen) atoms. The molecule has 0 heterocycles. The summed E-state index contributed by atoms with van der Waals surface area (Å²) in [5.41, 5.74) is 8.04. The summed E-state index contributed by atoms with van der Waals surface area (Å²) in [6.45, 7) is 6.04. The number of nitrogens with one attached hydrogen (secondary N) is 3. The van der Waals surface area contributed by atoms with Crippen LogP contribution in [0, 0.1) is 0 Å². The smallest absolute Gasteiger partial charge is 1.00 e. The Morgan fingerprint density at radius 3 is 0.811 bits per heavy atom. The van der Waals surface area contributed by atoms with Crippen LogP contribution >= 0.6 is 34.4 Å². The maximum absolute atomic E-state index is 12.9. The Bertz CT molecular complexity index is 2990. The SMILES string of the molecule is CC(=O)N(O)CCCCCNC(=O)CCC(=O)N(O)CCCCCNC(=O)CCC(=O)N(O)CCCCC[NH+](CCCCCCCCCCP(Cl)(Cc1ccccc1)(Cc1ccccc1)Cc1ccccc1)CCCCCCCCCCP(Cl)(Cc1ccccc1)(Cc1ccccc1)Cc1ccccc1.[Cl-]. The number of unbranched alkanes of at least 4 members (excludes halogenated alkanes) is 20. The van der Waals surface area contributed by atoms with E-state index in [0.717, 1.165) is 99.7 Å². The molecule has 0 aliphatic carbocycles. The van der Waals surface area contributed by atoms with Crippen LogP contribution in [0.3, 0.4) is 0 Å². The van der Waals surface area contributed by atoms with Gasteiger partial charge in [-0.3, -0.25) is 39.6 Å². The number of carbonyl (C=O) groups is 5. The summed E-state index contributed by atoms with van der Waals surface area (Å²) >= 11 is 16.8. The molecule has 0 spiro atoms. The molecule has 6 aromatic carbocycles. The summed E-state index contributed by atoms with van der Waals surface area (Å²) in [4.78, 5) is 62.8. The zero-order valence-corrected chi connectivity index (χ0v) is 67.9. The van der Waals surface area contributed by atoms with Crippen molar-refractivity contribution in [3.05, 3.63) is 215 Å². The molecule has 0 fully saturated rings. The Morgan fingerprint density at radius 2 is 0.547 bits per heavy atom. The van der Waals surface area contributed by atoms with Gasteiger partial charge in [0.05, 0.1) is 0 Å². The van der Waals surface area contributed by atoms with Crippen molar-refractivity contribution in [1.82, 2.24) is 25.8 Å². The van der Waals surface area contributed by atoms with Gasteiger partial charge in [-0.1, -0.05) is 0 Å². The van der Waals surface area contributed by atoms with Gasteiger partial charge in [0.25, 0.3) is 0 Å². The number of halogens is 3. The summed E-state index contributed by atoms with van der Waals surface area (Å²) in [5.74, 6) is -7.67. The number of quaternary nitrogens is 1. The Kier molecular flexibility index (Phi) is 44.2. The van der Waals surface area contributed by atoms with Crippen LogP contribution in [0.25, 0.3) is 0 Å². The molecular formula is C87H129Cl3N6O8P2. The maximum Gasteiger partial charge on any atom is -1.00 e. The number of benzene rings is 6. The molecular weight excluding hydrogens is 1430 g/mol. The predicted octanol–water partition coefficient (Wildman–Crippen LogP) is 16.7. The molecule has 586 valence electrons. The quantitative estimate of drug-likeness (QED) is 0.00943. The van der Waals surface area contributed by atoms with Gasteiger partial charge in [0.15, 0.2) is 0 Å². The van der Waals surface area contributed by atoms with Crippen LogP contribution in [0.15, 0.2) is 182 Å². The van der Waals surface area contributed by atoms with E-state index in [2.05, 4.69) is 193 Å². The van der Waals surface area contributed by atoms with Gasteiger partial charge in [0.1, 0.15) is 0 Å².